The number of imide groups is 1. The van der Waals surface area contributed by atoms with Crippen LogP contribution in [0.2, 0.25) is 5.02 Å². The van der Waals surface area contributed by atoms with Crippen LogP contribution in [0.5, 0.6) is 5.75 Å². The van der Waals surface area contributed by atoms with Gasteiger partial charge in [-0.3, -0.25) is 10.1 Å². The zero-order valence-electron chi connectivity index (χ0n) is 15.3. The first kappa shape index (κ1) is 20.6. The van der Waals surface area contributed by atoms with Gasteiger partial charge < -0.3 is 15.8 Å². The second kappa shape index (κ2) is 8.90. The number of benzene rings is 2. The summed E-state index contributed by atoms with van der Waals surface area (Å²) in [5.74, 6) is -0.493. The maximum atomic E-state index is 12.8. The molecule has 0 aliphatic carbocycles. The van der Waals surface area contributed by atoms with Crippen LogP contribution in [-0.4, -0.2) is 24.3 Å². The first-order valence-corrected chi connectivity index (χ1v) is 9.77. The third-order valence-corrected chi connectivity index (χ3v) is 5.89. The number of anilines is 1. The normalized spacial score (nSPS) is 18.1. The minimum atomic E-state index is -0.768. The molecule has 0 fully saturated rings. The van der Waals surface area contributed by atoms with E-state index in [1.54, 1.807) is 55.6 Å². The number of methoxy groups -OCH3 is 1. The second-order valence-corrected chi connectivity index (χ2v) is 7.69. The Hall–Kier alpha value is -3.15. The Morgan fingerprint density at radius 2 is 1.90 bits per heavy atom. The fourth-order valence-electron chi connectivity index (χ4n) is 2.95. The lowest BCUT2D eigenvalue weighted by atomic mass is 9.88. The molecule has 2 atom stereocenters. The molecule has 3 amide bonds. The Morgan fingerprint density at radius 3 is 2.52 bits per heavy atom. The summed E-state index contributed by atoms with van der Waals surface area (Å²) >= 11 is 7.07. The number of para-hydroxylation sites is 1. The van der Waals surface area contributed by atoms with Gasteiger partial charge in [0.2, 0.25) is 5.91 Å². The maximum Gasteiger partial charge on any atom is 0.325 e. The predicted octanol–water partition coefficient (Wildman–Crippen LogP) is 3.59. The number of ether oxygens (including phenoxy) is 1. The van der Waals surface area contributed by atoms with Gasteiger partial charge in [-0.05, 0) is 29.8 Å². The average molecular weight is 429 g/mol. The number of nitriles is 1. The van der Waals surface area contributed by atoms with Crippen molar-refractivity contribution in [1.29, 1.82) is 5.26 Å². The van der Waals surface area contributed by atoms with Crippen molar-refractivity contribution in [2.24, 2.45) is 5.73 Å². The van der Waals surface area contributed by atoms with Crippen molar-refractivity contribution in [2.75, 3.05) is 12.4 Å². The van der Waals surface area contributed by atoms with E-state index in [9.17, 15) is 14.9 Å². The molecule has 9 heteroatoms. The molecule has 0 bridgehead atoms. The van der Waals surface area contributed by atoms with Crippen molar-refractivity contribution < 1.29 is 14.3 Å². The first-order valence-electron chi connectivity index (χ1n) is 8.51. The molecule has 0 aromatic heterocycles. The lowest BCUT2D eigenvalue weighted by Crippen LogP contribution is -2.41. The van der Waals surface area contributed by atoms with E-state index in [1.165, 1.54) is 0 Å². The van der Waals surface area contributed by atoms with Crippen molar-refractivity contribution in [2.45, 2.75) is 11.2 Å². The first-order chi connectivity index (χ1) is 13.9. The molecule has 148 valence electrons. The fraction of sp³-hybridized carbons (Fsp3) is 0.150. The second-order valence-electron chi connectivity index (χ2n) is 6.10. The molecule has 2 aromatic rings. The number of amides is 3. The molecular formula is C20H17ClN4O3S. The highest BCUT2D eigenvalue weighted by atomic mass is 35.5. The highest BCUT2D eigenvalue weighted by molar-refractivity contribution is 8.04. The SMILES string of the molecule is COc1ccc([C@@H]2C(C#N)=C(N)S[C@H]2C(=O)NC(=O)Nc2ccccc2Cl)cc1. The van der Waals surface area contributed by atoms with Crippen LogP contribution in [0, 0.1) is 11.3 Å². The quantitative estimate of drug-likeness (QED) is 0.685. The predicted molar refractivity (Wildman–Crippen MR) is 113 cm³/mol. The van der Waals surface area contributed by atoms with Crippen molar-refractivity contribution in [3.63, 3.8) is 0 Å². The molecule has 0 spiro atoms. The topological polar surface area (TPSA) is 117 Å². The Bertz CT molecular complexity index is 1020. The van der Waals surface area contributed by atoms with Crippen LogP contribution in [0.15, 0.2) is 59.1 Å². The van der Waals surface area contributed by atoms with Gasteiger partial charge in [-0.25, -0.2) is 4.79 Å². The van der Waals surface area contributed by atoms with E-state index in [0.717, 1.165) is 17.3 Å². The zero-order valence-corrected chi connectivity index (χ0v) is 16.9. The summed E-state index contributed by atoms with van der Waals surface area (Å²) in [6, 6.07) is 15.0. The van der Waals surface area contributed by atoms with Crippen molar-refractivity contribution in [3.8, 4) is 11.8 Å². The van der Waals surface area contributed by atoms with Gasteiger partial charge in [0.1, 0.15) is 11.0 Å². The molecule has 2 aromatic carbocycles. The third kappa shape index (κ3) is 4.47. The molecule has 1 aliphatic rings. The van der Waals surface area contributed by atoms with Crippen LogP contribution in [0.1, 0.15) is 11.5 Å². The zero-order chi connectivity index (χ0) is 21.0. The molecule has 0 unspecified atom stereocenters. The van der Waals surface area contributed by atoms with E-state index < -0.39 is 23.1 Å². The van der Waals surface area contributed by atoms with Crippen LogP contribution in [0.25, 0.3) is 0 Å². The number of nitrogens with two attached hydrogens (primary N) is 1. The lowest BCUT2D eigenvalue weighted by Gasteiger charge is -2.19. The number of allylic oxidation sites excluding steroid dienone is 1. The van der Waals surface area contributed by atoms with Gasteiger partial charge in [0.25, 0.3) is 0 Å². The summed E-state index contributed by atoms with van der Waals surface area (Å²) in [6.07, 6.45) is 0. The number of nitrogens with zero attached hydrogens (tertiary/aromatic N) is 1. The van der Waals surface area contributed by atoms with E-state index in [4.69, 9.17) is 22.1 Å². The number of thioether (sulfide) groups is 1. The van der Waals surface area contributed by atoms with E-state index in [-0.39, 0.29) is 5.03 Å². The minimum Gasteiger partial charge on any atom is -0.497 e. The molecule has 0 radical (unpaired) electrons. The number of hydrogen-bond acceptors (Lipinski definition) is 6. The van der Waals surface area contributed by atoms with Gasteiger partial charge in [-0.2, -0.15) is 5.26 Å². The van der Waals surface area contributed by atoms with E-state index in [1.807, 2.05) is 0 Å². The Labute approximate surface area is 176 Å². The van der Waals surface area contributed by atoms with E-state index in [0.29, 0.717) is 22.0 Å². The molecule has 1 aliphatic heterocycles. The Morgan fingerprint density at radius 1 is 1.21 bits per heavy atom. The van der Waals surface area contributed by atoms with Crippen LogP contribution in [0.4, 0.5) is 10.5 Å². The lowest BCUT2D eigenvalue weighted by molar-refractivity contribution is -0.119. The standard InChI is InChI=1S/C20H17ClN4O3S/c1-28-12-8-6-11(7-9-12)16-13(10-22)18(23)29-17(16)19(26)25-20(27)24-15-5-3-2-4-14(15)21/h2-9,16-17H,23H2,1H3,(H2,24,25,26,27)/t16-,17-/m1/s1. The maximum absolute atomic E-state index is 12.8. The molecule has 7 nitrogen and oxygen atoms in total. The van der Waals surface area contributed by atoms with Crippen LogP contribution >= 0.6 is 23.4 Å². The highest BCUT2D eigenvalue weighted by Crippen LogP contribution is 2.45. The number of hydrogen-bond donors (Lipinski definition) is 3. The van der Waals surface area contributed by atoms with Gasteiger partial charge in [0.15, 0.2) is 0 Å². The van der Waals surface area contributed by atoms with Crippen LogP contribution in [-0.2, 0) is 4.79 Å². The minimum absolute atomic E-state index is 0.264. The monoisotopic (exact) mass is 428 g/mol. The number of rotatable bonds is 4. The fourth-order valence-corrected chi connectivity index (χ4v) is 4.31. The summed E-state index contributed by atoms with van der Waals surface area (Å²) in [5, 5.41) is 14.2. The van der Waals surface area contributed by atoms with Gasteiger partial charge in [0.05, 0.1) is 34.5 Å². The summed E-state index contributed by atoms with van der Waals surface area (Å²) in [7, 11) is 1.55. The molecule has 29 heavy (non-hydrogen) atoms. The highest BCUT2D eigenvalue weighted by Gasteiger charge is 2.41. The number of carbonyl (C=O) groups is 2. The molecule has 0 saturated heterocycles. The van der Waals surface area contributed by atoms with Crippen LogP contribution < -0.4 is 21.1 Å². The smallest absolute Gasteiger partial charge is 0.325 e. The molecule has 3 rings (SSSR count). The number of carbonyl (C=O) groups excluding carboxylic acids is 2. The summed E-state index contributed by atoms with van der Waals surface area (Å²) in [4.78, 5) is 25.1. The Balaban J connectivity index is 1.78. The summed E-state index contributed by atoms with van der Waals surface area (Å²) < 4.78 is 5.15. The van der Waals surface area contributed by atoms with Gasteiger partial charge >= 0.3 is 6.03 Å². The van der Waals surface area contributed by atoms with Crippen molar-refractivity contribution >= 4 is 41.0 Å². The molecular weight excluding hydrogens is 412 g/mol. The number of urea groups is 1. The summed E-state index contributed by atoms with van der Waals surface area (Å²) in [5.41, 5.74) is 7.37. The van der Waals surface area contributed by atoms with Gasteiger partial charge in [0, 0.05) is 5.92 Å². The number of halogens is 1. The van der Waals surface area contributed by atoms with Crippen molar-refractivity contribution in [3.05, 3.63) is 69.7 Å². The summed E-state index contributed by atoms with van der Waals surface area (Å²) in [6.45, 7) is 0. The third-order valence-electron chi connectivity index (χ3n) is 4.35. The average Bonchev–Trinajstić information content (AvgIpc) is 3.06. The molecule has 0 saturated carbocycles. The molecule has 4 N–H and O–H groups in total. The van der Waals surface area contributed by atoms with E-state index in [2.05, 4.69) is 16.7 Å². The number of nitrogens with one attached hydrogen (secondary N) is 2. The largest absolute Gasteiger partial charge is 0.497 e. The van der Waals surface area contributed by atoms with E-state index >= 15 is 0 Å². The van der Waals surface area contributed by atoms with Crippen molar-refractivity contribution in [1.82, 2.24) is 5.32 Å². The Kier molecular flexibility index (Phi) is 6.32. The van der Waals surface area contributed by atoms with Crippen LogP contribution in [0.3, 0.4) is 0 Å². The molecule has 1 heterocycles. The van der Waals surface area contributed by atoms with Gasteiger partial charge in [-0.1, -0.05) is 47.6 Å². The van der Waals surface area contributed by atoms with Gasteiger partial charge in [-0.15, -0.1) is 0 Å².